The zero-order chi connectivity index (χ0) is 12.5. The van der Waals surface area contributed by atoms with E-state index in [9.17, 15) is 0 Å². The Morgan fingerprint density at radius 3 is 2.88 bits per heavy atom. The average molecular weight is 258 g/mol. The summed E-state index contributed by atoms with van der Waals surface area (Å²) in [5.41, 5.74) is 0. The van der Waals surface area contributed by atoms with E-state index >= 15 is 0 Å². The Labute approximate surface area is 110 Å². The van der Waals surface area contributed by atoms with Crippen molar-refractivity contribution in [1.82, 2.24) is 15.5 Å². The van der Waals surface area contributed by atoms with Gasteiger partial charge in [-0.05, 0) is 39.6 Å². The third-order valence-electron chi connectivity index (χ3n) is 3.07. The number of hydrogen-bond acceptors (Lipinski definition) is 3. The minimum Gasteiger partial charge on any atom is -0.357 e. The molecule has 1 unspecified atom stereocenters. The molecule has 0 spiro atoms. The number of aliphatic imine (C=N–C) groups is 1. The van der Waals surface area contributed by atoms with Crippen LogP contribution in [0.1, 0.15) is 19.8 Å². The number of likely N-dealkylation sites (tertiary alicyclic amines) is 1. The van der Waals surface area contributed by atoms with Crippen LogP contribution >= 0.6 is 11.8 Å². The van der Waals surface area contributed by atoms with Gasteiger partial charge in [0.15, 0.2) is 5.96 Å². The van der Waals surface area contributed by atoms with Crippen LogP contribution in [0.25, 0.3) is 0 Å². The van der Waals surface area contributed by atoms with Gasteiger partial charge in [0, 0.05) is 24.9 Å². The van der Waals surface area contributed by atoms with E-state index in [1.54, 1.807) is 0 Å². The van der Waals surface area contributed by atoms with Crippen molar-refractivity contribution >= 4 is 17.7 Å². The van der Waals surface area contributed by atoms with Gasteiger partial charge >= 0.3 is 0 Å². The van der Waals surface area contributed by atoms with Gasteiger partial charge in [-0.25, -0.2) is 0 Å². The summed E-state index contributed by atoms with van der Waals surface area (Å²) in [6.45, 7) is 6.13. The largest absolute Gasteiger partial charge is 0.357 e. The Kier molecular flexibility index (Phi) is 7.44. The summed E-state index contributed by atoms with van der Waals surface area (Å²) in [5.74, 6) is 2.08. The fraction of sp³-hybridized carbons (Fsp3) is 0.917. The Bertz CT molecular complexity index is 233. The van der Waals surface area contributed by atoms with Crippen molar-refractivity contribution in [3.8, 4) is 0 Å². The van der Waals surface area contributed by atoms with E-state index < -0.39 is 0 Å². The number of likely N-dealkylation sites (N-methyl/N-ethyl adjacent to an activating group) is 1. The fourth-order valence-electron chi connectivity index (χ4n) is 2.02. The minimum atomic E-state index is 0.631. The fourth-order valence-corrected chi connectivity index (χ4v) is 2.33. The smallest absolute Gasteiger partial charge is 0.191 e. The van der Waals surface area contributed by atoms with Crippen molar-refractivity contribution in [3.63, 3.8) is 0 Å². The Hall–Kier alpha value is -0.420. The maximum atomic E-state index is 4.66. The third kappa shape index (κ3) is 5.64. The van der Waals surface area contributed by atoms with Crippen molar-refractivity contribution in [1.29, 1.82) is 0 Å². The van der Waals surface area contributed by atoms with E-state index in [4.69, 9.17) is 0 Å². The quantitative estimate of drug-likeness (QED) is 0.424. The molecule has 0 aromatic heterocycles. The summed E-state index contributed by atoms with van der Waals surface area (Å²) in [6, 6.07) is 0.631. The highest BCUT2D eigenvalue weighted by Gasteiger charge is 2.20. The predicted octanol–water partition coefficient (Wildman–Crippen LogP) is 0.999. The summed E-state index contributed by atoms with van der Waals surface area (Å²) in [4.78, 5) is 7.07. The van der Waals surface area contributed by atoms with E-state index in [-0.39, 0.29) is 0 Å². The molecule has 5 heteroatoms. The molecule has 1 saturated heterocycles. The lowest BCUT2D eigenvalue weighted by molar-refractivity contribution is 0.317. The van der Waals surface area contributed by atoms with Crippen molar-refractivity contribution in [3.05, 3.63) is 0 Å². The van der Waals surface area contributed by atoms with Crippen molar-refractivity contribution < 1.29 is 0 Å². The molecule has 1 rings (SSSR count). The number of nitrogens with one attached hydrogen (secondary N) is 2. The molecule has 17 heavy (non-hydrogen) atoms. The predicted molar refractivity (Wildman–Crippen MR) is 78.0 cm³/mol. The van der Waals surface area contributed by atoms with Gasteiger partial charge in [0.05, 0.1) is 6.54 Å². The molecule has 4 nitrogen and oxygen atoms in total. The van der Waals surface area contributed by atoms with E-state index in [0.717, 1.165) is 31.3 Å². The van der Waals surface area contributed by atoms with Crippen molar-refractivity contribution in [2.75, 3.05) is 45.2 Å². The molecule has 1 aliphatic heterocycles. The maximum absolute atomic E-state index is 4.66. The summed E-state index contributed by atoms with van der Waals surface area (Å²) in [5, 5.41) is 6.65. The minimum absolute atomic E-state index is 0.631. The second kappa shape index (κ2) is 8.64. The first-order valence-corrected chi connectivity index (χ1v) is 7.88. The number of guanidine groups is 1. The van der Waals surface area contributed by atoms with Crippen LogP contribution < -0.4 is 10.6 Å². The molecule has 0 aliphatic carbocycles. The Balaban J connectivity index is 2.33. The van der Waals surface area contributed by atoms with Crippen LogP contribution in [0.2, 0.25) is 0 Å². The molecule has 1 aliphatic rings. The monoisotopic (exact) mass is 258 g/mol. The Morgan fingerprint density at radius 1 is 1.47 bits per heavy atom. The van der Waals surface area contributed by atoms with Gasteiger partial charge < -0.3 is 15.5 Å². The van der Waals surface area contributed by atoms with E-state index in [2.05, 4.69) is 40.8 Å². The van der Waals surface area contributed by atoms with Crippen molar-refractivity contribution in [2.24, 2.45) is 4.99 Å². The van der Waals surface area contributed by atoms with Crippen LogP contribution in [0.15, 0.2) is 4.99 Å². The molecule has 0 aromatic carbocycles. The molecule has 0 saturated carbocycles. The van der Waals surface area contributed by atoms with Gasteiger partial charge in [0.25, 0.3) is 0 Å². The molecule has 1 heterocycles. The normalized spacial score (nSPS) is 21.8. The van der Waals surface area contributed by atoms with Crippen molar-refractivity contribution in [2.45, 2.75) is 25.8 Å². The van der Waals surface area contributed by atoms with Gasteiger partial charge in [-0.15, -0.1) is 0 Å². The lowest BCUT2D eigenvalue weighted by Gasteiger charge is -2.18. The van der Waals surface area contributed by atoms with Crippen LogP contribution in [-0.2, 0) is 0 Å². The summed E-state index contributed by atoms with van der Waals surface area (Å²) in [7, 11) is 2.20. The van der Waals surface area contributed by atoms with Gasteiger partial charge in [-0.3, -0.25) is 4.99 Å². The lowest BCUT2D eigenvalue weighted by Crippen LogP contribution is -2.39. The lowest BCUT2D eigenvalue weighted by atomic mass is 10.2. The van der Waals surface area contributed by atoms with Gasteiger partial charge in [0.1, 0.15) is 0 Å². The van der Waals surface area contributed by atoms with E-state index in [0.29, 0.717) is 6.04 Å². The van der Waals surface area contributed by atoms with Gasteiger partial charge in [-0.2, -0.15) is 11.8 Å². The number of thioether (sulfide) groups is 1. The van der Waals surface area contributed by atoms with Crippen LogP contribution in [0, 0.1) is 0 Å². The molecule has 1 fully saturated rings. The zero-order valence-corrected chi connectivity index (χ0v) is 12.1. The van der Waals surface area contributed by atoms with Crippen LogP contribution in [0.3, 0.4) is 0 Å². The third-order valence-corrected chi connectivity index (χ3v) is 3.69. The first-order chi connectivity index (χ1) is 8.27. The highest BCUT2D eigenvalue weighted by molar-refractivity contribution is 7.98. The summed E-state index contributed by atoms with van der Waals surface area (Å²) < 4.78 is 0. The first kappa shape index (κ1) is 14.6. The molecule has 0 amide bonds. The second-order valence-electron chi connectivity index (χ2n) is 4.42. The molecule has 0 aromatic rings. The standard InChI is InChI=1S/C12H26N4S/c1-4-13-12(14-7-9-17-3)15-10-11-6-5-8-16(11)2/h11H,4-10H2,1-3H3,(H2,13,14,15). The van der Waals surface area contributed by atoms with Crippen LogP contribution in [0.4, 0.5) is 0 Å². The number of hydrogen-bond donors (Lipinski definition) is 2. The highest BCUT2D eigenvalue weighted by atomic mass is 32.2. The molecule has 100 valence electrons. The molecule has 0 radical (unpaired) electrons. The van der Waals surface area contributed by atoms with Gasteiger partial charge in [0.2, 0.25) is 0 Å². The second-order valence-corrected chi connectivity index (χ2v) is 5.40. The maximum Gasteiger partial charge on any atom is 0.191 e. The van der Waals surface area contributed by atoms with E-state index in [1.807, 2.05) is 11.8 Å². The average Bonchev–Trinajstić information content (AvgIpc) is 2.72. The van der Waals surface area contributed by atoms with Crippen LogP contribution in [-0.4, -0.2) is 62.1 Å². The molecular weight excluding hydrogens is 232 g/mol. The number of nitrogens with zero attached hydrogens (tertiary/aromatic N) is 2. The first-order valence-electron chi connectivity index (χ1n) is 6.49. The Morgan fingerprint density at radius 2 is 2.29 bits per heavy atom. The van der Waals surface area contributed by atoms with E-state index in [1.165, 1.54) is 19.4 Å². The topological polar surface area (TPSA) is 39.7 Å². The molecule has 2 N–H and O–H groups in total. The van der Waals surface area contributed by atoms with Crippen LogP contribution in [0.5, 0.6) is 0 Å². The number of rotatable bonds is 6. The zero-order valence-electron chi connectivity index (χ0n) is 11.3. The van der Waals surface area contributed by atoms with Gasteiger partial charge in [-0.1, -0.05) is 0 Å². The highest BCUT2D eigenvalue weighted by Crippen LogP contribution is 2.14. The molecule has 0 bridgehead atoms. The summed E-state index contributed by atoms with van der Waals surface area (Å²) >= 11 is 1.85. The molecular formula is C12H26N4S. The SMILES string of the molecule is CCNC(=NCC1CCCN1C)NCCSC. The molecule has 1 atom stereocenters. The summed E-state index contributed by atoms with van der Waals surface area (Å²) in [6.07, 6.45) is 4.72.